The predicted molar refractivity (Wildman–Crippen MR) is 66.6 cm³/mol. The van der Waals surface area contributed by atoms with Crippen molar-refractivity contribution in [3.63, 3.8) is 0 Å². The summed E-state index contributed by atoms with van der Waals surface area (Å²) in [7, 11) is -5.61. The molecule has 0 heterocycles. The Kier molecular flexibility index (Phi) is 11.0. The van der Waals surface area contributed by atoms with Gasteiger partial charge in [-0.05, 0) is 10.8 Å². The largest absolute Gasteiger partial charge is 2.00 e. The Morgan fingerprint density at radius 3 is 1.84 bits per heavy atom. The van der Waals surface area contributed by atoms with Gasteiger partial charge in [-0.15, -0.1) is 0 Å². The van der Waals surface area contributed by atoms with Crippen LogP contribution in [0.2, 0.25) is 0 Å². The molecule has 8 heteroatoms. The fourth-order valence-corrected chi connectivity index (χ4v) is 1.35. The molecule has 0 aliphatic rings. The summed E-state index contributed by atoms with van der Waals surface area (Å²) >= 11 is 0. The van der Waals surface area contributed by atoms with Crippen molar-refractivity contribution in [2.45, 2.75) is 0 Å². The SMILES string of the molecule is O=Cc1cccc2ccccc12.[Mg+2].[Mg+2].[O-][Si]([O-])([O-])[O-]. The van der Waals surface area contributed by atoms with Crippen molar-refractivity contribution >= 4 is 72.2 Å². The number of carbonyl (C=O) groups is 1. The predicted octanol–water partition coefficient (Wildman–Crippen LogP) is -3.25. The van der Waals surface area contributed by atoms with E-state index in [0.717, 1.165) is 22.6 Å². The summed E-state index contributed by atoms with van der Waals surface area (Å²) in [5, 5.41) is 2.14. The van der Waals surface area contributed by atoms with Crippen LogP contribution in [-0.2, 0) is 0 Å². The zero-order chi connectivity index (χ0) is 12.9. The Morgan fingerprint density at radius 1 is 0.842 bits per heavy atom. The average Bonchev–Trinajstić information content (AvgIpc) is 2.26. The van der Waals surface area contributed by atoms with Gasteiger partial charge in [0.1, 0.15) is 0 Å². The maximum Gasteiger partial charge on any atom is 2.00 e. The van der Waals surface area contributed by atoms with Crippen LogP contribution >= 0.6 is 0 Å². The van der Waals surface area contributed by atoms with E-state index in [4.69, 9.17) is 19.2 Å². The van der Waals surface area contributed by atoms with Crippen molar-refractivity contribution in [1.82, 2.24) is 0 Å². The van der Waals surface area contributed by atoms with E-state index in [1.165, 1.54) is 0 Å². The minimum absolute atomic E-state index is 0. The van der Waals surface area contributed by atoms with E-state index in [1.807, 2.05) is 42.5 Å². The van der Waals surface area contributed by atoms with Gasteiger partial charge in [0.05, 0.1) is 0 Å². The zero-order valence-corrected chi connectivity index (χ0v) is 13.9. The first-order chi connectivity index (χ1) is 7.92. The molecule has 0 N–H and O–H groups in total. The molecule has 2 rings (SSSR count). The summed E-state index contributed by atoms with van der Waals surface area (Å²) in [6, 6.07) is 13.6. The molecule has 5 nitrogen and oxygen atoms in total. The maximum absolute atomic E-state index is 10.6. The third-order valence-electron chi connectivity index (χ3n) is 1.95. The van der Waals surface area contributed by atoms with Crippen molar-refractivity contribution in [3.8, 4) is 0 Å². The molecule has 2 aromatic carbocycles. The Bertz CT molecular complexity index is 504. The van der Waals surface area contributed by atoms with Crippen LogP contribution in [0.3, 0.4) is 0 Å². The fraction of sp³-hybridized carbons (Fsp3) is 0. The summed E-state index contributed by atoms with van der Waals surface area (Å²) in [4.78, 5) is 44.9. The second-order valence-electron chi connectivity index (χ2n) is 3.19. The van der Waals surface area contributed by atoms with Crippen molar-refractivity contribution in [3.05, 3.63) is 48.0 Å². The molecule has 19 heavy (non-hydrogen) atoms. The standard InChI is InChI=1S/C11H8O.2Mg.O4Si/c12-8-10-6-3-5-9-4-1-2-7-11(9)10;;;1-5(2,3)4/h1-8H;;;/q;2*+2;-4. The number of hydrogen-bond donors (Lipinski definition) is 0. The van der Waals surface area contributed by atoms with Crippen LogP contribution in [0.1, 0.15) is 10.4 Å². The quantitative estimate of drug-likeness (QED) is 0.406. The molecular weight excluding hydrogens is 289 g/mol. The topological polar surface area (TPSA) is 109 Å². The minimum Gasteiger partial charge on any atom is -0.894 e. The molecule has 0 amide bonds. The van der Waals surface area contributed by atoms with Gasteiger partial charge in [0.15, 0.2) is 6.29 Å². The summed E-state index contributed by atoms with van der Waals surface area (Å²) in [5.74, 6) is 0. The number of carbonyl (C=O) groups excluding carboxylic acids is 1. The summed E-state index contributed by atoms with van der Waals surface area (Å²) in [6.45, 7) is 0. The zero-order valence-electron chi connectivity index (χ0n) is 10.1. The van der Waals surface area contributed by atoms with Crippen LogP contribution in [0.25, 0.3) is 10.8 Å². The van der Waals surface area contributed by atoms with Crippen molar-refractivity contribution in [1.29, 1.82) is 0 Å². The number of rotatable bonds is 1. The minimum atomic E-state index is -5.61. The van der Waals surface area contributed by atoms with E-state index in [-0.39, 0.29) is 46.1 Å². The molecule has 0 fully saturated rings. The number of hydrogen-bond acceptors (Lipinski definition) is 5. The van der Waals surface area contributed by atoms with Crippen molar-refractivity contribution in [2.75, 3.05) is 0 Å². The molecule has 0 aliphatic carbocycles. The van der Waals surface area contributed by atoms with E-state index >= 15 is 0 Å². The Balaban J connectivity index is 0. The van der Waals surface area contributed by atoms with Gasteiger partial charge in [-0.3, -0.25) is 4.79 Å². The third kappa shape index (κ3) is 8.68. The van der Waals surface area contributed by atoms with Gasteiger partial charge in [-0.1, -0.05) is 42.5 Å². The molecule has 0 saturated carbocycles. The molecule has 0 bridgehead atoms. The van der Waals surface area contributed by atoms with E-state index in [2.05, 4.69) is 0 Å². The second-order valence-corrected chi connectivity index (χ2v) is 4.19. The summed E-state index contributed by atoms with van der Waals surface area (Å²) < 4.78 is 0. The molecule has 2 aromatic rings. The average molecular weight is 297 g/mol. The van der Waals surface area contributed by atoms with E-state index in [9.17, 15) is 4.79 Å². The molecule has 0 unspecified atom stereocenters. The number of fused-ring (bicyclic) bond motifs is 1. The van der Waals surface area contributed by atoms with E-state index < -0.39 is 9.05 Å². The molecule has 0 spiro atoms. The fourth-order valence-electron chi connectivity index (χ4n) is 1.35. The molecule has 90 valence electrons. The second kappa shape index (κ2) is 9.80. The van der Waals surface area contributed by atoms with E-state index in [1.54, 1.807) is 0 Å². The molecule has 0 aromatic heterocycles. The first-order valence-corrected chi connectivity index (χ1v) is 6.30. The number of benzene rings is 2. The van der Waals surface area contributed by atoms with Gasteiger partial charge in [-0.25, -0.2) is 0 Å². The molecule has 0 radical (unpaired) electrons. The normalized spacial score (nSPS) is 9.47. The van der Waals surface area contributed by atoms with Crippen LogP contribution in [0.15, 0.2) is 42.5 Å². The Labute approximate surface area is 143 Å². The molecule has 0 saturated heterocycles. The summed E-state index contributed by atoms with van der Waals surface area (Å²) in [6.07, 6.45) is 0.891. The van der Waals surface area contributed by atoms with Crippen molar-refractivity contribution < 1.29 is 24.0 Å². The smallest absolute Gasteiger partial charge is 0.894 e. The Hall–Kier alpha value is -0.0406. The van der Waals surface area contributed by atoms with E-state index in [0.29, 0.717) is 0 Å². The number of aldehydes is 1. The molecule has 0 aliphatic heterocycles. The van der Waals surface area contributed by atoms with Crippen LogP contribution in [0, 0.1) is 0 Å². The van der Waals surface area contributed by atoms with Gasteiger partial charge in [-0.2, -0.15) is 0 Å². The van der Waals surface area contributed by atoms with Crippen LogP contribution in [-0.4, -0.2) is 61.4 Å². The van der Waals surface area contributed by atoms with Crippen molar-refractivity contribution in [2.24, 2.45) is 0 Å². The monoisotopic (exact) mass is 296 g/mol. The maximum atomic E-state index is 10.6. The van der Waals surface area contributed by atoms with Gasteiger partial charge < -0.3 is 28.2 Å². The van der Waals surface area contributed by atoms with Crippen LogP contribution in [0.5, 0.6) is 0 Å². The third-order valence-corrected chi connectivity index (χ3v) is 1.95. The van der Waals surface area contributed by atoms with Gasteiger partial charge >= 0.3 is 46.1 Å². The first-order valence-electron chi connectivity index (χ1n) is 4.66. The van der Waals surface area contributed by atoms with Gasteiger partial charge in [0, 0.05) is 5.56 Å². The summed E-state index contributed by atoms with van der Waals surface area (Å²) in [5.41, 5.74) is 0.758. The van der Waals surface area contributed by atoms with Gasteiger partial charge in [0.2, 0.25) is 0 Å². The molecule has 0 atom stereocenters. The van der Waals surface area contributed by atoms with Crippen LogP contribution in [0.4, 0.5) is 0 Å². The molecular formula is C11H8Mg2O5Si. The van der Waals surface area contributed by atoms with Gasteiger partial charge in [0.25, 0.3) is 0 Å². The van der Waals surface area contributed by atoms with Crippen LogP contribution < -0.4 is 19.2 Å². The Morgan fingerprint density at radius 2 is 1.32 bits per heavy atom. The first kappa shape index (κ1) is 21.3.